The zero-order chi connectivity index (χ0) is 13.7. The number of rotatable bonds is 1. The van der Waals surface area contributed by atoms with Crippen molar-refractivity contribution < 1.29 is 8.42 Å². The maximum Gasteiger partial charge on any atom is 0.238 e. The van der Waals surface area contributed by atoms with E-state index in [0.29, 0.717) is 10.8 Å². The summed E-state index contributed by atoms with van der Waals surface area (Å²) in [5, 5.41) is 5.37. The van der Waals surface area contributed by atoms with Crippen LogP contribution in [0.25, 0.3) is 0 Å². The monoisotopic (exact) mass is 267 g/mol. The molecule has 18 heavy (non-hydrogen) atoms. The minimum Gasteiger partial charge on any atom is -0.225 e. The van der Waals surface area contributed by atoms with Gasteiger partial charge in [-0.05, 0) is 73.8 Å². The molecule has 0 heterocycles. The van der Waals surface area contributed by atoms with Crippen molar-refractivity contribution in [2.75, 3.05) is 0 Å². The second-order valence-electron chi connectivity index (χ2n) is 5.43. The molecule has 1 aromatic carbocycles. The van der Waals surface area contributed by atoms with E-state index in [4.69, 9.17) is 5.14 Å². The van der Waals surface area contributed by atoms with Crippen LogP contribution in [-0.4, -0.2) is 8.42 Å². The molecular formula is C14H21NO2S. The highest BCUT2D eigenvalue weighted by Gasteiger charge is 2.27. The Morgan fingerprint density at radius 2 is 1.72 bits per heavy atom. The molecule has 0 amide bonds. The predicted octanol–water partition coefficient (Wildman–Crippen LogP) is 2.70. The fourth-order valence-corrected chi connectivity index (χ4v) is 4.49. The van der Waals surface area contributed by atoms with E-state index in [-0.39, 0.29) is 0 Å². The van der Waals surface area contributed by atoms with Gasteiger partial charge in [0.15, 0.2) is 0 Å². The van der Waals surface area contributed by atoms with Crippen LogP contribution in [0.3, 0.4) is 0 Å². The van der Waals surface area contributed by atoms with Gasteiger partial charge in [-0.1, -0.05) is 6.92 Å². The van der Waals surface area contributed by atoms with Gasteiger partial charge in [0.05, 0.1) is 4.90 Å². The van der Waals surface area contributed by atoms with E-state index in [1.165, 1.54) is 17.5 Å². The predicted molar refractivity (Wildman–Crippen MR) is 73.4 cm³/mol. The zero-order valence-corrected chi connectivity index (χ0v) is 12.3. The van der Waals surface area contributed by atoms with Crippen molar-refractivity contribution in [2.45, 2.75) is 57.8 Å². The first-order valence-electron chi connectivity index (χ1n) is 6.40. The van der Waals surface area contributed by atoms with Crippen LogP contribution in [0, 0.1) is 20.8 Å². The van der Waals surface area contributed by atoms with E-state index in [1.807, 2.05) is 20.8 Å². The van der Waals surface area contributed by atoms with E-state index in [2.05, 4.69) is 6.92 Å². The average molecular weight is 267 g/mol. The van der Waals surface area contributed by atoms with Gasteiger partial charge in [0.25, 0.3) is 0 Å². The summed E-state index contributed by atoms with van der Waals surface area (Å²) in [4.78, 5) is 0.341. The van der Waals surface area contributed by atoms with Crippen LogP contribution >= 0.6 is 0 Å². The number of benzene rings is 1. The minimum atomic E-state index is -3.64. The summed E-state index contributed by atoms with van der Waals surface area (Å²) in [5.74, 6) is 0.515. The van der Waals surface area contributed by atoms with Crippen LogP contribution in [-0.2, 0) is 16.4 Å². The Hall–Kier alpha value is -0.870. The number of primary sulfonamides is 1. The number of sulfonamides is 1. The lowest BCUT2D eigenvalue weighted by Gasteiger charge is -2.29. The van der Waals surface area contributed by atoms with Crippen LogP contribution in [0.2, 0.25) is 0 Å². The fourth-order valence-electron chi connectivity index (χ4n) is 3.36. The van der Waals surface area contributed by atoms with Crippen molar-refractivity contribution in [3.05, 3.63) is 27.8 Å². The first-order valence-corrected chi connectivity index (χ1v) is 7.95. The Morgan fingerprint density at radius 1 is 1.11 bits per heavy atom. The van der Waals surface area contributed by atoms with Crippen molar-refractivity contribution in [3.8, 4) is 0 Å². The summed E-state index contributed by atoms with van der Waals surface area (Å²) in [7, 11) is -3.64. The van der Waals surface area contributed by atoms with Gasteiger partial charge in [-0.15, -0.1) is 0 Å². The lowest BCUT2D eigenvalue weighted by Crippen LogP contribution is -2.20. The second kappa shape index (κ2) is 4.35. The number of hydrogen-bond acceptors (Lipinski definition) is 2. The van der Waals surface area contributed by atoms with Crippen molar-refractivity contribution in [2.24, 2.45) is 5.14 Å². The third kappa shape index (κ3) is 1.97. The largest absolute Gasteiger partial charge is 0.238 e. The molecule has 100 valence electrons. The molecular weight excluding hydrogens is 246 g/mol. The molecule has 0 bridgehead atoms. The van der Waals surface area contributed by atoms with Gasteiger partial charge in [0.1, 0.15) is 0 Å². The average Bonchev–Trinajstić information content (AvgIpc) is 2.24. The highest BCUT2D eigenvalue weighted by atomic mass is 32.2. The summed E-state index contributed by atoms with van der Waals surface area (Å²) in [6.45, 7) is 8.00. The minimum absolute atomic E-state index is 0.341. The number of hydrogen-bond donors (Lipinski definition) is 1. The van der Waals surface area contributed by atoms with E-state index in [0.717, 1.165) is 29.5 Å². The summed E-state index contributed by atoms with van der Waals surface area (Å²) in [5.41, 5.74) is 5.35. The first-order chi connectivity index (χ1) is 8.25. The lowest BCUT2D eigenvalue weighted by atomic mass is 9.78. The van der Waals surface area contributed by atoms with Crippen LogP contribution < -0.4 is 5.14 Å². The Balaban J connectivity index is 2.87. The van der Waals surface area contributed by atoms with Gasteiger partial charge in [-0.2, -0.15) is 0 Å². The summed E-state index contributed by atoms with van der Waals surface area (Å²) in [6, 6.07) is 0. The molecule has 0 radical (unpaired) electrons. The van der Waals surface area contributed by atoms with Gasteiger partial charge in [-0.25, -0.2) is 13.6 Å². The van der Waals surface area contributed by atoms with Crippen molar-refractivity contribution >= 4 is 10.0 Å². The van der Waals surface area contributed by atoms with Gasteiger partial charge < -0.3 is 0 Å². The molecule has 2 rings (SSSR count). The summed E-state index contributed by atoms with van der Waals surface area (Å²) < 4.78 is 23.5. The molecule has 1 atom stereocenters. The first kappa shape index (κ1) is 13.6. The van der Waals surface area contributed by atoms with E-state index in [9.17, 15) is 8.42 Å². The Bertz CT molecular complexity index is 603. The van der Waals surface area contributed by atoms with Crippen molar-refractivity contribution in [1.29, 1.82) is 0 Å². The standard InChI is InChI=1S/C14H21NO2S/c1-8-6-5-7-12-11(4)14(18(15,16)17)10(3)9(2)13(8)12/h8H,5-7H2,1-4H3,(H2,15,16,17). The molecule has 2 N–H and O–H groups in total. The van der Waals surface area contributed by atoms with Crippen molar-refractivity contribution in [3.63, 3.8) is 0 Å². The van der Waals surface area contributed by atoms with Crippen LogP contribution in [0.15, 0.2) is 4.90 Å². The van der Waals surface area contributed by atoms with Gasteiger partial charge in [0.2, 0.25) is 10.0 Å². The van der Waals surface area contributed by atoms with Gasteiger partial charge in [0, 0.05) is 0 Å². The van der Waals surface area contributed by atoms with Crippen LogP contribution in [0.5, 0.6) is 0 Å². The maximum absolute atomic E-state index is 11.8. The maximum atomic E-state index is 11.8. The molecule has 0 aromatic heterocycles. The summed E-state index contributed by atoms with van der Waals surface area (Å²) >= 11 is 0. The number of nitrogens with two attached hydrogens (primary N) is 1. The fraction of sp³-hybridized carbons (Fsp3) is 0.571. The highest BCUT2D eigenvalue weighted by molar-refractivity contribution is 7.89. The highest BCUT2D eigenvalue weighted by Crippen LogP contribution is 2.39. The Morgan fingerprint density at radius 3 is 2.28 bits per heavy atom. The quantitative estimate of drug-likeness (QED) is 0.850. The van der Waals surface area contributed by atoms with Crippen LogP contribution in [0.1, 0.15) is 53.5 Å². The molecule has 0 fully saturated rings. The molecule has 0 aliphatic heterocycles. The normalized spacial score (nSPS) is 19.7. The Kier molecular flexibility index (Phi) is 3.28. The van der Waals surface area contributed by atoms with E-state index < -0.39 is 10.0 Å². The van der Waals surface area contributed by atoms with Crippen LogP contribution in [0.4, 0.5) is 0 Å². The molecule has 4 heteroatoms. The van der Waals surface area contributed by atoms with Crippen molar-refractivity contribution in [1.82, 2.24) is 0 Å². The molecule has 1 unspecified atom stereocenters. The SMILES string of the molecule is Cc1c(C)c(S(N)(=O)=O)c(C)c2c1C(C)CCC2. The van der Waals surface area contributed by atoms with Gasteiger partial charge >= 0.3 is 0 Å². The molecule has 0 saturated carbocycles. The Labute approximate surface area is 109 Å². The molecule has 0 saturated heterocycles. The topological polar surface area (TPSA) is 60.2 Å². The molecule has 1 aliphatic carbocycles. The summed E-state index contributed by atoms with van der Waals surface area (Å²) in [6.07, 6.45) is 3.28. The smallest absolute Gasteiger partial charge is 0.225 e. The number of fused-ring (bicyclic) bond motifs is 1. The van der Waals surface area contributed by atoms with E-state index >= 15 is 0 Å². The zero-order valence-electron chi connectivity index (χ0n) is 11.5. The molecule has 0 spiro atoms. The molecule has 1 aliphatic rings. The molecule has 1 aromatic rings. The lowest BCUT2D eigenvalue weighted by molar-refractivity contribution is 0.576. The third-order valence-corrected chi connectivity index (χ3v) is 5.45. The second-order valence-corrected chi connectivity index (χ2v) is 6.93. The molecule has 3 nitrogen and oxygen atoms in total. The third-order valence-electron chi connectivity index (χ3n) is 4.27. The van der Waals surface area contributed by atoms with E-state index in [1.54, 1.807) is 0 Å². The van der Waals surface area contributed by atoms with Gasteiger partial charge in [-0.3, -0.25) is 0 Å².